The van der Waals surface area contributed by atoms with Gasteiger partial charge in [-0.3, -0.25) is 9.59 Å². The van der Waals surface area contributed by atoms with Gasteiger partial charge >= 0.3 is 5.91 Å². The summed E-state index contributed by atoms with van der Waals surface area (Å²) in [6.45, 7) is 2.51. The normalized spacial score (nSPS) is 12.9. The number of nitrogens with one attached hydrogen (secondary N) is 1. The molecule has 0 atom stereocenters. The minimum atomic E-state index is -4.31. The molecule has 2 aromatic carbocycles. The number of halogens is 1. The number of methoxy groups -OCH3 is 1. The second-order valence-corrected chi connectivity index (χ2v) is 10.2. The lowest BCUT2D eigenvalue weighted by atomic mass is 10.0. The van der Waals surface area contributed by atoms with Crippen molar-refractivity contribution in [2.45, 2.75) is 44.2 Å². The molecular weight excluding hydrogens is 487 g/mol. The smallest absolute Gasteiger partial charge is 0.301 e. The van der Waals surface area contributed by atoms with E-state index >= 15 is 0 Å². The van der Waals surface area contributed by atoms with E-state index in [2.05, 4.69) is 4.72 Å². The van der Waals surface area contributed by atoms with Crippen molar-refractivity contribution in [3.8, 4) is 0 Å². The van der Waals surface area contributed by atoms with Crippen molar-refractivity contribution in [3.05, 3.63) is 88.1 Å². The van der Waals surface area contributed by atoms with Gasteiger partial charge in [-0.1, -0.05) is 12.1 Å². The van der Waals surface area contributed by atoms with Gasteiger partial charge in [-0.15, -0.1) is 0 Å². The molecule has 1 aromatic heterocycles. The van der Waals surface area contributed by atoms with E-state index in [1.54, 1.807) is 23.1 Å². The minimum absolute atomic E-state index is 0.0829. The molecular formula is C26H27FN2O6S. The maximum atomic E-state index is 13.4. The van der Waals surface area contributed by atoms with Gasteiger partial charge in [-0.05, 0) is 73.2 Å². The molecule has 190 valence electrons. The lowest BCUT2D eigenvalue weighted by Crippen LogP contribution is -2.33. The number of nitrogens with zero attached hydrogens (tertiary/aromatic N) is 1. The minimum Gasteiger partial charge on any atom is -0.459 e. The largest absolute Gasteiger partial charge is 0.459 e. The topological polar surface area (TPSA) is 106 Å². The number of sulfonamides is 1. The quantitative estimate of drug-likeness (QED) is 0.465. The van der Waals surface area contributed by atoms with Gasteiger partial charge in [0.15, 0.2) is 5.76 Å². The van der Waals surface area contributed by atoms with Crippen LogP contribution >= 0.6 is 0 Å². The Morgan fingerprint density at radius 2 is 1.89 bits per heavy atom. The molecule has 0 saturated carbocycles. The van der Waals surface area contributed by atoms with Gasteiger partial charge < -0.3 is 14.1 Å². The average Bonchev–Trinajstić information content (AvgIpc) is 3.52. The molecule has 36 heavy (non-hydrogen) atoms. The van der Waals surface area contributed by atoms with Crippen molar-refractivity contribution in [2.75, 3.05) is 13.7 Å². The molecule has 0 unspecified atom stereocenters. The first-order chi connectivity index (χ1) is 17.2. The maximum absolute atomic E-state index is 13.4. The molecule has 1 aliphatic carbocycles. The van der Waals surface area contributed by atoms with E-state index in [9.17, 15) is 22.4 Å². The molecule has 1 aliphatic rings. The van der Waals surface area contributed by atoms with E-state index in [1.165, 1.54) is 37.6 Å². The molecule has 0 aliphatic heterocycles. The fourth-order valence-corrected chi connectivity index (χ4v) is 5.66. The molecule has 0 spiro atoms. The van der Waals surface area contributed by atoms with E-state index in [-0.39, 0.29) is 41.1 Å². The number of hydrogen-bond donors (Lipinski definition) is 1. The van der Waals surface area contributed by atoms with Crippen LogP contribution in [-0.2, 0) is 40.8 Å². The maximum Gasteiger partial charge on any atom is 0.301 e. The Labute approximate surface area is 209 Å². The summed E-state index contributed by atoms with van der Waals surface area (Å²) in [5.41, 5.74) is 2.75. The molecule has 1 heterocycles. The Balaban J connectivity index is 1.64. The summed E-state index contributed by atoms with van der Waals surface area (Å²) >= 11 is 0. The van der Waals surface area contributed by atoms with E-state index in [1.807, 2.05) is 6.92 Å². The summed E-state index contributed by atoms with van der Waals surface area (Å²) in [5.74, 6) is -1.79. The summed E-state index contributed by atoms with van der Waals surface area (Å²) in [5, 5.41) is 0. The Morgan fingerprint density at radius 1 is 1.14 bits per heavy atom. The molecule has 10 heteroatoms. The van der Waals surface area contributed by atoms with Crippen LogP contribution in [-0.4, -0.2) is 38.8 Å². The van der Waals surface area contributed by atoms with Gasteiger partial charge in [-0.25, -0.2) is 17.5 Å². The van der Waals surface area contributed by atoms with Gasteiger partial charge in [0.25, 0.3) is 15.9 Å². The van der Waals surface area contributed by atoms with Crippen molar-refractivity contribution < 1.29 is 31.6 Å². The summed E-state index contributed by atoms with van der Waals surface area (Å²) in [7, 11) is -2.86. The van der Waals surface area contributed by atoms with Crippen LogP contribution in [0.25, 0.3) is 0 Å². The predicted molar refractivity (Wildman–Crippen MR) is 129 cm³/mol. The number of hydrogen-bond acceptors (Lipinski definition) is 6. The number of fused-ring (bicyclic) bond motifs is 1. The van der Waals surface area contributed by atoms with Gasteiger partial charge in [0.05, 0.1) is 17.8 Å². The first-order valence-corrected chi connectivity index (χ1v) is 13.0. The Morgan fingerprint density at radius 3 is 2.58 bits per heavy atom. The Kier molecular flexibility index (Phi) is 7.56. The Hall–Kier alpha value is -3.50. The van der Waals surface area contributed by atoms with Gasteiger partial charge in [0.1, 0.15) is 5.82 Å². The van der Waals surface area contributed by atoms with Gasteiger partial charge in [0, 0.05) is 31.3 Å². The third kappa shape index (κ3) is 5.34. The number of benzene rings is 2. The van der Waals surface area contributed by atoms with E-state index in [0.717, 1.165) is 17.5 Å². The first kappa shape index (κ1) is 25.6. The van der Waals surface area contributed by atoms with E-state index in [0.29, 0.717) is 30.5 Å². The number of furan rings is 1. The highest BCUT2D eigenvalue weighted by Gasteiger charge is 2.30. The summed E-state index contributed by atoms with van der Waals surface area (Å²) in [6.07, 6.45) is 3.18. The predicted octanol–water partition coefficient (Wildman–Crippen LogP) is 3.83. The molecule has 0 saturated heterocycles. The second-order valence-electron chi connectivity index (χ2n) is 8.55. The van der Waals surface area contributed by atoms with E-state index < -0.39 is 15.9 Å². The van der Waals surface area contributed by atoms with Crippen molar-refractivity contribution in [1.29, 1.82) is 0 Å². The lowest BCUT2D eigenvalue weighted by molar-refractivity contribution is 0.0752. The highest BCUT2D eigenvalue weighted by Crippen LogP contribution is 2.31. The monoisotopic (exact) mass is 514 g/mol. The molecule has 4 rings (SSSR count). The number of carbonyl (C=O) groups excluding carboxylic acids is 2. The van der Waals surface area contributed by atoms with Crippen LogP contribution in [0.4, 0.5) is 4.39 Å². The van der Waals surface area contributed by atoms with Gasteiger partial charge in [0.2, 0.25) is 0 Å². The number of rotatable bonds is 9. The van der Waals surface area contributed by atoms with Crippen molar-refractivity contribution in [2.24, 2.45) is 0 Å². The third-order valence-corrected chi connectivity index (χ3v) is 7.54. The van der Waals surface area contributed by atoms with Crippen molar-refractivity contribution in [3.63, 3.8) is 0 Å². The molecule has 1 N–H and O–H groups in total. The number of aryl methyl sites for hydroxylation is 1. The number of ether oxygens (including phenoxy) is 1. The highest BCUT2D eigenvalue weighted by atomic mass is 32.2. The molecule has 0 fully saturated rings. The van der Waals surface area contributed by atoms with Crippen molar-refractivity contribution >= 4 is 21.8 Å². The van der Waals surface area contributed by atoms with Crippen molar-refractivity contribution in [1.82, 2.24) is 9.62 Å². The van der Waals surface area contributed by atoms with Crippen LogP contribution < -0.4 is 4.72 Å². The second kappa shape index (κ2) is 10.6. The fourth-order valence-electron chi connectivity index (χ4n) is 4.38. The van der Waals surface area contributed by atoms with Crippen LogP contribution in [0.1, 0.15) is 56.5 Å². The van der Waals surface area contributed by atoms with E-state index in [4.69, 9.17) is 9.15 Å². The van der Waals surface area contributed by atoms with Crippen LogP contribution in [0.2, 0.25) is 0 Å². The van der Waals surface area contributed by atoms with Crippen LogP contribution in [0.15, 0.2) is 58.0 Å². The molecule has 3 aromatic rings. The van der Waals surface area contributed by atoms with Crippen LogP contribution in [0, 0.1) is 5.82 Å². The van der Waals surface area contributed by atoms with Gasteiger partial charge in [-0.2, -0.15) is 0 Å². The third-order valence-electron chi connectivity index (χ3n) is 6.15. The molecule has 0 bridgehead atoms. The zero-order valence-corrected chi connectivity index (χ0v) is 20.9. The average molecular weight is 515 g/mol. The van der Waals surface area contributed by atoms with Crippen LogP contribution in [0.3, 0.4) is 0 Å². The number of amides is 2. The fraction of sp³-hybridized carbons (Fsp3) is 0.308. The first-order valence-electron chi connectivity index (χ1n) is 11.6. The summed E-state index contributed by atoms with van der Waals surface area (Å²) in [4.78, 5) is 27.6. The zero-order chi connectivity index (χ0) is 25.9. The SMILES string of the molecule is CCN(Cc1ccc(F)cc1)C(=O)c1cc2c(c(S(=O)(=O)NC(=O)c3occc3COC)c1)CCC2. The molecule has 2 amide bonds. The summed E-state index contributed by atoms with van der Waals surface area (Å²) < 4.78 is 52.2. The highest BCUT2D eigenvalue weighted by molar-refractivity contribution is 7.90. The van der Waals surface area contributed by atoms with Crippen LogP contribution in [0.5, 0.6) is 0 Å². The molecule has 8 nitrogen and oxygen atoms in total. The number of carbonyl (C=O) groups is 2. The summed E-state index contributed by atoms with van der Waals surface area (Å²) in [6, 6.07) is 10.4. The zero-order valence-electron chi connectivity index (χ0n) is 20.0. The molecule has 0 radical (unpaired) electrons. The Bertz CT molecular complexity index is 1380. The standard InChI is InChI=1S/C26H27FN2O6S/c1-3-29(15-17-7-9-21(27)10-8-17)26(31)20-13-18-5-4-6-22(18)23(14-20)36(32,33)28-25(30)24-19(16-34-2)11-12-35-24/h7-14H,3-6,15-16H2,1-2H3,(H,28,30). The lowest BCUT2D eigenvalue weighted by Gasteiger charge is -2.22.